The molecule has 13 heteroatoms. The molecule has 13 nitrogen and oxygen atoms in total. The normalized spacial score (nSPS) is 13.5. The molecule has 1 aliphatic rings. The second-order valence-electron chi connectivity index (χ2n) is 14.0. The van der Waals surface area contributed by atoms with Crippen LogP contribution in [0.4, 0.5) is 5.69 Å². The lowest BCUT2D eigenvalue weighted by molar-refractivity contribution is 0.0935. The molecule has 0 aliphatic carbocycles. The molecule has 2 heterocycles. The molecule has 0 bridgehead atoms. The number of hydrogen-bond donors (Lipinski definition) is 6. The van der Waals surface area contributed by atoms with E-state index in [9.17, 15) is 25.2 Å². The van der Waals surface area contributed by atoms with Gasteiger partial charge in [-0.25, -0.2) is 0 Å². The molecule has 1 aliphatic heterocycles. The fourth-order valence-corrected chi connectivity index (χ4v) is 6.99. The first-order chi connectivity index (χ1) is 27.8. The van der Waals surface area contributed by atoms with Gasteiger partial charge in [0.05, 0.1) is 59.4 Å². The first-order valence-electron chi connectivity index (χ1n) is 19.2. The average Bonchev–Trinajstić information content (AvgIpc) is 3.74. The third-order valence-electron chi connectivity index (χ3n) is 10.1. The molecule has 6 N–H and O–H groups in total. The van der Waals surface area contributed by atoms with Crippen LogP contribution in [0.2, 0.25) is 0 Å². The van der Waals surface area contributed by atoms with Gasteiger partial charge in [-0.2, -0.15) is 0 Å². The summed E-state index contributed by atoms with van der Waals surface area (Å²) in [5.74, 6) is 2.41. The van der Waals surface area contributed by atoms with Crippen LogP contribution in [-0.4, -0.2) is 58.9 Å². The number of carbonyl (C=O) groups is 1. The summed E-state index contributed by atoms with van der Waals surface area (Å²) >= 11 is 0. The van der Waals surface area contributed by atoms with E-state index in [0.717, 1.165) is 55.3 Å². The van der Waals surface area contributed by atoms with Gasteiger partial charge in [-0.1, -0.05) is 48.5 Å². The van der Waals surface area contributed by atoms with Crippen molar-refractivity contribution in [3.63, 3.8) is 0 Å². The number of benzene rings is 4. The van der Waals surface area contributed by atoms with Crippen LogP contribution in [0, 0.1) is 6.92 Å². The van der Waals surface area contributed by atoms with Crippen molar-refractivity contribution < 1.29 is 48.7 Å². The van der Waals surface area contributed by atoms with Gasteiger partial charge in [-0.15, -0.1) is 0 Å². The SMILES string of the molecule is COc1cc(-c2cc(-c3cc(CO)c(CO)c(CO)c3)on2)cc(OC)c1OCCCCCCCCOc1ccc(C2NC(=O)c3cc(C)ccc3N2)cc1CO. The van der Waals surface area contributed by atoms with Gasteiger partial charge in [0, 0.05) is 28.4 Å². The molecule has 0 spiro atoms. The van der Waals surface area contributed by atoms with E-state index >= 15 is 0 Å². The Morgan fingerprint density at radius 2 is 1.32 bits per heavy atom. The Morgan fingerprint density at radius 3 is 1.95 bits per heavy atom. The van der Waals surface area contributed by atoms with Crippen LogP contribution in [0.3, 0.4) is 0 Å². The number of unbranched alkanes of at least 4 members (excludes halogenated alkanes) is 5. The van der Waals surface area contributed by atoms with Crippen LogP contribution >= 0.6 is 0 Å². The topological polar surface area (TPSA) is 185 Å². The fraction of sp³-hybridized carbons (Fsp3) is 0.364. The number of hydrogen-bond acceptors (Lipinski definition) is 12. The van der Waals surface area contributed by atoms with Crippen LogP contribution in [-0.2, 0) is 26.4 Å². The van der Waals surface area contributed by atoms with E-state index in [-0.39, 0.29) is 32.3 Å². The van der Waals surface area contributed by atoms with Gasteiger partial charge in [0.1, 0.15) is 17.6 Å². The second-order valence-corrected chi connectivity index (χ2v) is 14.0. The summed E-state index contributed by atoms with van der Waals surface area (Å²) in [5, 5.41) is 50.0. The molecule has 1 aromatic heterocycles. The number of aliphatic hydroxyl groups is 4. The van der Waals surface area contributed by atoms with Crippen LogP contribution in [0.5, 0.6) is 23.0 Å². The number of nitrogens with zero attached hydrogens (tertiary/aromatic N) is 1. The molecule has 302 valence electrons. The summed E-state index contributed by atoms with van der Waals surface area (Å²) in [6.45, 7) is 1.91. The van der Waals surface area contributed by atoms with Crippen molar-refractivity contribution in [1.29, 1.82) is 0 Å². The number of aromatic nitrogens is 1. The van der Waals surface area contributed by atoms with Crippen molar-refractivity contribution in [2.24, 2.45) is 0 Å². The first kappa shape index (κ1) is 41.0. The molecule has 57 heavy (non-hydrogen) atoms. The summed E-state index contributed by atoms with van der Waals surface area (Å²) < 4.78 is 29.2. The van der Waals surface area contributed by atoms with E-state index < -0.39 is 6.17 Å². The molecule has 1 atom stereocenters. The van der Waals surface area contributed by atoms with Crippen molar-refractivity contribution in [1.82, 2.24) is 10.5 Å². The predicted octanol–water partition coefficient (Wildman–Crippen LogP) is 6.96. The van der Waals surface area contributed by atoms with Crippen LogP contribution in [0.1, 0.15) is 88.4 Å². The minimum atomic E-state index is -0.405. The number of rotatable bonds is 20. The zero-order valence-corrected chi connectivity index (χ0v) is 32.6. The van der Waals surface area contributed by atoms with E-state index in [2.05, 4.69) is 15.8 Å². The van der Waals surface area contributed by atoms with Crippen molar-refractivity contribution in [2.75, 3.05) is 32.8 Å². The maximum absolute atomic E-state index is 12.7. The van der Waals surface area contributed by atoms with Crippen molar-refractivity contribution in [3.8, 4) is 45.6 Å². The van der Waals surface area contributed by atoms with Crippen molar-refractivity contribution in [2.45, 2.75) is 78.0 Å². The van der Waals surface area contributed by atoms with Crippen molar-refractivity contribution >= 4 is 11.6 Å². The zero-order chi connectivity index (χ0) is 40.3. The number of aryl methyl sites for hydroxylation is 1. The Balaban J connectivity index is 0.939. The predicted molar refractivity (Wildman–Crippen MR) is 214 cm³/mol. The maximum Gasteiger partial charge on any atom is 0.255 e. The summed E-state index contributed by atoms with van der Waals surface area (Å²) in [4.78, 5) is 12.7. The smallest absolute Gasteiger partial charge is 0.255 e. The molecule has 1 amide bonds. The van der Waals surface area contributed by atoms with Gasteiger partial charge in [0.15, 0.2) is 17.3 Å². The number of aliphatic hydroxyl groups excluding tert-OH is 4. The van der Waals surface area contributed by atoms with Gasteiger partial charge in [0.2, 0.25) is 5.75 Å². The number of methoxy groups -OCH3 is 2. The lowest BCUT2D eigenvalue weighted by Crippen LogP contribution is -2.38. The Labute approximate surface area is 332 Å². The zero-order valence-electron chi connectivity index (χ0n) is 32.6. The fourth-order valence-electron chi connectivity index (χ4n) is 6.99. The standard InChI is InChI=1S/C44H51N3O10/c1-27-10-12-36-34(16-27)44(52)46-43(45-36)28-11-13-38(33(17-28)25-50)55-14-8-6-4-5-7-9-15-56-42-40(53-2)20-29(21-41(42)54-3)37-22-39(57-47-37)30-18-31(23-48)35(26-51)32(19-30)24-49/h10-13,16-22,43,45,48-51H,4-9,14-15,23-26H2,1-3H3,(H,46,52). The van der Waals surface area contributed by atoms with E-state index in [1.807, 2.05) is 43.3 Å². The Kier molecular flexibility index (Phi) is 14.0. The third-order valence-corrected chi connectivity index (χ3v) is 10.1. The lowest BCUT2D eigenvalue weighted by atomic mass is 9.97. The highest BCUT2D eigenvalue weighted by Crippen LogP contribution is 2.42. The van der Waals surface area contributed by atoms with E-state index in [1.165, 1.54) is 0 Å². The molecule has 0 saturated heterocycles. The molecular formula is C44H51N3O10. The highest BCUT2D eigenvalue weighted by molar-refractivity contribution is 6.01. The van der Waals surface area contributed by atoms with E-state index in [1.54, 1.807) is 44.6 Å². The molecule has 6 rings (SSSR count). The number of carbonyl (C=O) groups excluding carboxylic acids is 1. The molecule has 5 aromatic rings. The Hall–Kier alpha value is -5.60. The molecular weight excluding hydrogens is 730 g/mol. The summed E-state index contributed by atoms with van der Waals surface area (Å²) in [6, 6.07) is 20.1. The molecule has 1 unspecified atom stereocenters. The van der Waals surface area contributed by atoms with Gasteiger partial charge in [-0.05, 0) is 90.6 Å². The number of nitrogens with one attached hydrogen (secondary N) is 2. The van der Waals surface area contributed by atoms with Crippen LogP contribution in [0.15, 0.2) is 71.3 Å². The number of fused-ring (bicyclic) bond motifs is 1. The summed E-state index contributed by atoms with van der Waals surface area (Å²) in [7, 11) is 3.13. The van der Waals surface area contributed by atoms with Gasteiger partial charge in [-0.3, -0.25) is 4.79 Å². The molecule has 4 aromatic carbocycles. The minimum absolute atomic E-state index is 0.134. The maximum atomic E-state index is 12.7. The van der Waals surface area contributed by atoms with E-state index in [4.69, 9.17) is 23.5 Å². The molecule has 0 radical (unpaired) electrons. The Bertz CT molecular complexity index is 2100. The van der Waals surface area contributed by atoms with Gasteiger partial charge in [0.25, 0.3) is 5.91 Å². The average molecular weight is 782 g/mol. The summed E-state index contributed by atoms with van der Waals surface area (Å²) in [6.07, 6.45) is 5.44. The van der Waals surface area contributed by atoms with Gasteiger partial charge >= 0.3 is 0 Å². The van der Waals surface area contributed by atoms with E-state index in [0.29, 0.717) is 86.6 Å². The van der Waals surface area contributed by atoms with Crippen molar-refractivity contribution in [3.05, 3.63) is 106 Å². The van der Waals surface area contributed by atoms with Crippen LogP contribution in [0.25, 0.3) is 22.6 Å². The number of ether oxygens (including phenoxy) is 4. The van der Waals surface area contributed by atoms with Crippen LogP contribution < -0.4 is 29.6 Å². The first-order valence-corrected chi connectivity index (χ1v) is 19.2. The molecule has 0 fully saturated rings. The second kappa shape index (κ2) is 19.5. The monoisotopic (exact) mass is 781 g/mol. The number of amides is 1. The number of anilines is 1. The largest absolute Gasteiger partial charge is 0.493 e. The summed E-state index contributed by atoms with van der Waals surface area (Å²) in [5.41, 5.74) is 7.23. The third kappa shape index (κ3) is 9.69. The lowest BCUT2D eigenvalue weighted by Gasteiger charge is -2.29. The van der Waals surface area contributed by atoms with Gasteiger partial charge < -0.3 is 54.5 Å². The highest BCUT2D eigenvalue weighted by atomic mass is 16.5. The highest BCUT2D eigenvalue weighted by Gasteiger charge is 2.25. The molecule has 0 saturated carbocycles. The Morgan fingerprint density at radius 1 is 0.667 bits per heavy atom. The minimum Gasteiger partial charge on any atom is -0.493 e. The quantitative estimate of drug-likeness (QED) is 0.0447.